The Labute approximate surface area is 126 Å². The number of sulfone groups is 1. The Hall–Kier alpha value is -1.14. The van der Waals surface area contributed by atoms with Gasteiger partial charge in [0.05, 0.1) is 11.5 Å². The van der Waals surface area contributed by atoms with Gasteiger partial charge in [0.1, 0.15) is 5.82 Å². The van der Waals surface area contributed by atoms with Crippen LogP contribution in [0.15, 0.2) is 12.1 Å². The minimum Gasteiger partial charge on any atom is -0.370 e. The standard InChI is InChI=1S/C15H23FN2O2S/c1-10-7-15(13(8-14(10)16)11(2)17-3)18(4)12-5-6-21(19,20)9-12/h7-8,11-12,17H,5-6,9H2,1-4H3. The zero-order valence-corrected chi connectivity index (χ0v) is 13.8. The molecule has 0 spiro atoms. The van der Waals surface area contributed by atoms with Crippen LogP contribution in [0.3, 0.4) is 0 Å². The van der Waals surface area contributed by atoms with Gasteiger partial charge in [-0.25, -0.2) is 12.8 Å². The third kappa shape index (κ3) is 3.37. The molecule has 1 N–H and O–H groups in total. The number of hydrogen-bond acceptors (Lipinski definition) is 4. The molecule has 1 heterocycles. The summed E-state index contributed by atoms with van der Waals surface area (Å²) in [5.41, 5.74) is 2.33. The third-order valence-corrected chi connectivity index (χ3v) is 6.09. The number of benzene rings is 1. The minimum atomic E-state index is -2.94. The topological polar surface area (TPSA) is 49.4 Å². The maximum atomic E-state index is 13.9. The summed E-state index contributed by atoms with van der Waals surface area (Å²) in [6.45, 7) is 3.69. The van der Waals surface area contributed by atoms with Gasteiger partial charge in [-0.05, 0) is 50.6 Å². The highest BCUT2D eigenvalue weighted by Crippen LogP contribution is 2.31. The van der Waals surface area contributed by atoms with Crippen LogP contribution in [0.2, 0.25) is 0 Å². The molecule has 1 saturated heterocycles. The Morgan fingerprint density at radius 1 is 1.43 bits per heavy atom. The summed E-state index contributed by atoms with van der Waals surface area (Å²) in [6.07, 6.45) is 0.628. The third-order valence-electron chi connectivity index (χ3n) is 4.34. The van der Waals surface area contributed by atoms with E-state index in [1.54, 1.807) is 13.0 Å². The van der Waals surface area contributed by atoms with Crippen LogP contribution in [0.25, 0.3) is 0 Å². The number of nitrogens with zero attached hydrogens (tertiary/aromatic N) is 1. The zero-order chi connectivity index (χ0) is 15.8. The second kappa shape index (κ2) is 5.93. The number of nitrogens with one attached hydrogen (secondary N) is 1. The summed E-state index contributed by atoms with van der Waals surface area (Å²) in [6, 6.07) is 3.31. The van der Waals surface area contributed by atoms with Crippen LogP contribution in [0, 0.1) is 12.7 Å². The highest BCUT2D eigenvalue weighted by Gasteiger charge is 2.32. The fourth-order valence-electron chi connectivity index (χ4n) is 2.77. The Morgan fingerprint density at radius 3 is 2.62 bits per heavy atom. The fraction of sp³-hybridized carbons (Fsp3) is 0.600. The van der Waals surface area contributed by atoms with Crippen LogP contribution in [0.5, 0.6) is 0 Å². The van der Waals surface area contributed by atoms with Crippen molar-refractivity contribution >= 4 is 15.5 Å². The van der Waals surface area contributed by atoms with Crippen LogP contribution in [-0.2, 0) is 9.84 Å². The van der Waals surface area contributed by atoms with Gasteiger partial charge < -0.3 is 10.2 Å². The molecule has 0 amide bonds. The van der Waals surface area contributed by atoms with Gasteiger partial charge in [0.25, 0.3) is 0 Å². The van der Waals surface area contributed by atoms with E-state index in [4.69, 9.17) is 0 Å². The van der Waals surface area contributed by atoms with Crippen molar-refractivity contribution in [3.63, 3.8) is 0 Å². The van der Waals surface area contributed by atoms with Crippen LogP contribution in [0.1, 0.15) is 30.5 Å². The van der Waals surface area contributed by atoms with E-state index in [1.807, 2.05) is 32.0 Å². The summed E-state index contributed by atoms with van der Waals surface area (Å²) in [5.74, 6) is 0.176. The summed E-state index contributed by atoms with van der Waals surface area (Å²) < 4.78 is 37.2. The summed E-state index contributed by atoms with van der Waals surface area (Å²) >= 11 is 0. The second-order valence-corrected chi connectivity index (χ2v) is 8.07. The molecule has 0 aromatic heterocycles. The fourth-order valence-corrected chi connectivity index (χ4v) is 4.54. The first-order valence-electron chi connectivity index (χ1n) is 7.15. The highest BCUT2D eigenvalue weighted by molar-refractivity contribution is 7.91. The van der Waals surface area contributed by atoms with Gasteiger partial charge in [-0.15, -0.1) is 0 Å². The first-order valence-corrected chi connectivity index (χ1v) is 8.98. The average molecular weight is 314 g/mol. The van der Waals surface area contributed by atoms with Gasteiger partial charge in [0, 0.05) is 24.8 Å². The molecule has 1 aromatic rings. The van der Waals surface area contributed by atoms with Gasteiger partial charge in [-0.2, -0.15) is 0 Å². The highest BCUT2D eigenvalue weighted by atomic mass is 32.2. The molecule has 1 fully saturated rings. The average Bonchev–Trinajstić information content (AvgIpc) is 2.80. The van der Waals surface area contributed by atoms with Gasteiger partial charge in [-0.3, -0.25) is 0 Å². The molecule has 6 heteroatoms. The van der Waals surface area contributed by atoms with Crippen molar-refractivity contribution in [1.82, 2.24) is 5.32 Å². The lowest BCUT2D eigenvalue weighted by Gasteiger charge is -2.30. The molecule has 0 radical (unpaired) electrons. The van der Waals surface area contributed by atoms with Gasteiger partial charge >= 0.3 is 0 Å². The molecule has 0 bridgehead atoms. The van der Waals surface area contributed by atoms with Crippen molar-refractivity contribution in [3.8, 4) is 0 Å². The molecule has 2 atom stereocenters. The molecule has 1 aromatic carbocycles. The van der Waals surface area contributed by atoms with Crippen molar-refractivity contribution in [2.75, 3.05) is 30.5 Å². The summed E-state index contributed by atoms with van der Waals surface area (Å²) in [4.78, 5) is 1.99. The van der Waals surface area contributed by atoms with Crippen molar-refractivity contribution in [2.24, 2.45) is 0 Å². The molecule has 2 unspecified atom stereocenters. The number of hydrogen-bond donors (Lipinski definition) is 1. The lowest BCUT2D eigenvalue weighted by molar-refractivity contribution is 0.594. The van der Waals surface area contributed by atoms with E-state index in [2.05, 4.69) is 5.32 Å². The van der Waals surface area contributed by atoms with E-state index in [9.17, 15) is 12.8 Å². The Morgan fingerprint density at radius 2 is 2.10 bits per heavy atom. The lowest BCUT2D eigenvalue weighted by Crippen LogP contribution is -2.34. The van der Waals surface area contributed by atoms with Crippen molar-refractivity contribution in [3.05, 3.63) is 29.1 Å². The first kappa shape index (κ1) is 16.2. The monoisotopic (exact) mass is 314 g/mol. The maximum Gasteiger partial charge on any atom is 0.152 e. The quantitative estimate of drug-likeness (QED) is 0.924. The van der Waals surface area contributed by atoms with E-state index < -0.39 is 9.84 Å². The van der Waals surface area contributed by atoms with Crippen LogP contribution in [0.4, 0.5) is 10.1 Å². The predicted molar refractivity (Wildman–Crippen MR) is 84.1 cm³/mol. The number of halogens is 1. The predicted octanol–water partition coefficient (Wildman–Crippen LogP) is 2.04. The van der Waals surface area contributed by atoms with E-state index >= 15 is 0 Å². The molecular formula is C15H23FN2O2S. The minimum absolute atomic E-state index is 0.00411. The summed E-state index contributed by atoms with van der Waals surface area (Å²) in [7, 11) is 0.782. The van der Waals surface area contributed by atoms with E-state index in [1.165, 1.54) is 0 Å². The largest absolute Gasteiger partial charge is 0.370 e. The van der Waals surface area contributed by atoms with E-state index in [-0.39, 0.29) is 29.4 Å². The lowest BCUT2D eigenvalue weighted by atomic mass is 10.0. The molecule has 0 saturated carbocycles. The number of rotatable bonds is 4. The van der Waals surface area contributed by atoms with Gasteiger partial charge in [0.15, 0.2) is 9.84 Å². The number of anilines is 1. The van der Waals surface area contributed by atoms with E-state index in [0.717, 1.165) is 11.3 Å². The second-order valence-electron chi connectivity index (χ2n) is 5.84. The van der Waals surface area contributed by atoms with Gasteiger partial charge in [-0.1, -0.05) is 0 Å². The molecular weight excluding hydrogens is 291 g/mol. The van der Waals surface area contributed by atoms with E-state index in [0.29, 0.717) is 12.0 Å². The molecule has 1 aliphatic heterocycles. The van der Waals surface area contributed by atoms with Crippen LogP contribution >= 0.6 is 0 Å². The molecule has 21 heavy (non-hydrogen) atoms. The molecule has 0 aliphatic carbocycles. The Kier molecular flexibility index (Phi) is 4.58. The Bertz CT molecular complexity index is 631. The van der Waals surface area contributed by atoms with Crippen molar-refractivity contribution in [2.45, 2.75) is 32.4 Å². The summed E-state index contributed by atoms with van der Waals surface area (Å²) in [5, 5.41) is 3.12. The SMILES string of the molecule is CNC(C)c1cc(F)c(C)cc1N(C)C1CCS(=O)(=O)C1. The molecule has 4 nitrogen and oxygen atoms in total. The van der Waals surface area contributed by atoms with Crippen LogP contribution < -0.4 is 10.2 Å². The number of aryl methyl sites for hydroxylation is 1. The van der Waals surface area contributed by atoms with Crippen molar-refractivity contribution < 1.29 is 12.8 Å². The smallest absolute Gasteiger partial charge is 0.152 e. The maximum absolute atomic E-state index is 13.9. The first-order chi connectivity index (χ1) is 9.75. The molecule has 1 aliphatic rings. The normalized spacial score (nSPS) is 22.2. The molecule has 118 valence electrons. The zero-order valence-electron chi connectivity index (χ0n) is 13.0. The Balaban J connectivity index is 2.40. The van der Waals surface area contributed by atoms with Crippen molar-refractivity contribution in [1.29, 1.82) is 0 Å². The van der Waals surface area contributed by atoms with Crippen LogP contribution in [-0.4, -0.2) is 40.1 Å². The molecule has 2 rings (SSSR count). The van der Waals surface area contributed by atoms with Gasteiger partial charge in [0.2, 0.25) is 0 Å².